The third-order valence-electron chi connectivity index (χ3n) is 5.47. The Bertz CT molecular complexity index is 1010. The van der Waals surface area contributed by atoms with Crippen molar-refractivity contribution in [2.75, 3.05) is 24.5 Å². The van der Waals surface area contributed by atoms with Crippen LogP contribution in [0.3, 0.4) is 0 Å². The molecule has 4 rings (SSSR count). The number of imidazole rings is 1. The van der Waals surface area contributed by atoms with E-state index in [4.69, 9.17) is 5.26 Å². The van der Waals surface area contributed by atoms with Crippen molar-refractivity contribution in [2.45, 2.75) is 25.8 Å². The number of nitrogens with zero attached hydrogens (tertiary/aromatic N) is 5. The molecule has 0 unspecified atom stereocenters. The van der Waals surface area contributed by atoms with Crippen molar-refractivity contribution in [3.8, 4) is 6.07 Å². The second-order valence-corrected chi connectivity index (χ2v) is 7.35. The Morgan fingerprint density at radius 2 is 2.00 bits per heavy atom. The van der Waals surface area contributed by atoms with Crippen LogP contribution in [0.2, 0.25) is 0 Å². The Morgan fingerprint density at radius 3 is 2.76 bits per heavy atom. The zero-order valence-corrected chi connectivity index (χ0v) is 16.3. The molecule has 0 radical (unpaired) electrons. The van der Waals surface area contributed by atoms with Crippen molar-refractivity contribution in [2.24, 2.45) is 5.92 Å². The number of anilines is 1. The molecule has 7 heteroatoms. The van der Waals surface area contributed by atoms with Gasteiger partial charge in [0, 0.05) is 38.3 Å². The smallest absolute Gasteiger partial charge is 0.223 e. The van der Waals surface area contributed by atoms with Crippen LogP contribution in [0, 0.1) is 17.2 Å². The number of benzene rings is 1. The van der Waals surface area contributed by atoms with Gasteiger partial charge in [-0.25, -0.2) is 9.97 Å². The summed E-state index contributed by atoms with van der Waals surface area (Å²) in [4.78, 5) is 23.4. The van der Waals surface area contributed by atoms with Gasteiger partial charge < -0.3 is 14.8 Å². The van der Waals surface area contributed by atoms with E-state index in [1.807, 2.05) is 30.6 Å². The highest BCUT2D eigenvalue weighted by atomic mass is 16.1. The first-order valence-electron chi connectivity index (χ1n) is 10.0. The average molecular weight is 388 g/mol. The van der Waals surface area contributed by atoms with E-state index >= 15 is 0 Å². The lowest BCUT2D eigenvalue weighted by Crippen LogP contribution is -2.41. The fourth-order valence-corrected chi connectivity index (χ4v) is 3.80. The van der Waals surface area contributed by atoms with Crippen molar-refractivity contribution >= 4 is 22.8 Å². The minimum atomic E-state index is 0.0544. The summed E-state index contributed by atoms with van der Waals surface area (Å²) in [6, 6.07) is 13.8. The minimum Gasteiger partial charge on any atom is -0.357 e. The first-order chi connectivity index (χ1) is 14.2. The van der Waals surface area contributed by atoms with Crippen LogP contribution in [0.4, 0.5) is 5.82 Å². The lowest BCUT2D eigenvalue weighted by atomic mass is 9.96. The summed E-state index contributed by atoms with van der Waals surface area (Å²) in [5.74, 6) is 1.07. The van der Waals surface area contributed by atoms with E-state index < -0.39 is 0 Å². The number of carbonyl (C=O) groups is 1. The van der Waals surface area contributed by atoms with Gasteiger partial charge in [-0.1, -0.05) is 12.1 Å². The van der Waals surface area contributed by atoms with Crippen LogP contribution in [-0.4, -0.2) is 40.1 Å². The highest BCUT2D eigenvalue weighted by Gasteiger charge is 2.25. The van der Waals surface area contributed by atoms with Gasteiger partial charge in [-0.2, -0.15) is 5.26 Å². The second kappa shape index (κ2) is 8.74. The summed E-state index contributed by atoms with van der Waals surface area (Å²) in [6.07, 6.45) is 5.97. The lowest BCUT2D eigenvalue weighted by molar-refractivity contribution is -0.125. The van der Waals surface area contributed by atoms with Crippen LogP contribution in [0.5, 0.6) is 0 Å². The minimum absolute atomic E-state index is 0.0544. The molecular formula is C22H24N6O. The zero-order chi connectivity index (χ0) is 20.1. The summed E-state index contributed by atoms with van der Waals surface area (Å²) in [5, 5.41) is 12.0. The zero-order valence-electron chi connectivity index (χ0n) is 16.3. The SMILES string of the molecule is N#Cc1ccc(N2CCC(C(=O)NCCCn3cnc4ccccc43)CC2)nc1. The van der Waals surface area contributed by atoms with E-state index in [0.29, 0.717) is 12.1 Å². The molecule has 0 atom stereocenters. The number of nitrogens with one attached hydrogen (secondary N) is 1. The van der Waals surface area contributed by atoms with Gasteiger partial charge in [-0.05, 0) is 43.5 Å². The summed E-state index contributed by atoms with van der Waals surface area (Å²) >= 11 is 0. The van der Waals surface area contributed by atoms with E-state index in [1.54, 1.807) is 12.3 Å². The van der Waals surface area contributed by atoms with Crippen molar-refractivity contribution in [1.82, 2.24) is 19.9 Å². The van der Waals surface area contributed by atoms with Gasteiger partial charge >= 0.3 is 0 Å². The molecule has 7 nitrogen and oxygen atoms in total. The quantitative estimate of drug-likeness (QED) is 0.656. The first-order valence-corrected chi connectivity index (χ1v) is 10.0. The molecule has 1 saturated heterocycles. The number of aromatic nitrogens is 3. The number of para-hydroxylation sites is 2. The third-order valence-corrected chi connectivity index (χ3v) is 5.47. The van der Waals surface area contributed by atoms with Crippen molar-refractivity contribution in [1.29, 1.82) is 5.26 Å². The molecule has 1 aliphatic rings. The molecule has 0 spiro atoms. The summed E-state index contributed by atoms with van der Waals surface area (Å²) in [7, 11) is 0. The monoisotopic (exact) mass is 388 g/mol. The molecule has 1 aliphatic heterocycles. The molecule has 1 amide bonds. The maximum atomic E-state index is 12.5. The van der Waals surface area contributed by atoms with Crippen molar-refractivity contribution < 1.29 is 4.79 Å². The van der Waals surface area contributed by atoms with Gasteiger partial charge in [0.2, 0.25) is 5.91 Å². The number of hydrogen-bond acceptors (Lipinski definition) is 5. The van der Waals surface area contributed by atoms with E-state index in [9.17, 15) is 4.79 Å². The van der Waals surface area contributed by atoms with Crippen LogP contribution in [0.15, 0.2) is 48.9 Å². The third kappa shape index (κ3) is 4.37. The summed E-state index contributed by atoms with van der Waals surface area (Å²) in [5.41, 5.74) is 2.69. The largest absolute Gasteiger partial charge is 0.357 e. The number of hydrogen-bond donors (Lipinski definition) is 1. The van der Waals surface area contributed by atoms with Gasteiger partial charge in [-0.15, -0.1) is 0 Å². The van der Waals surface area contributed by atoms with Gasteiger partial charge in [0.15, 0.2) is 0 Å². The molecule has 29 heavy (non-hydrogen) atoms. The van der Waals surface area contributed by atoms with Gasteiger partial charge in [-0.3, -0.25) is 4.79 Å². The average Bonchev–Trinajstić information content (AvgIpc) is 3.20. The molecular weight excluding hydrogens is 364 g/mol. The standard InChI is InChI=1S/C22H24N6O/c23-14-17-6-7-21(25-15-17)27-12-8-18(9-13-27)22(29)24-10-3-11-28-16-26-19-4-1-2-5-20(19)28/h1-2,4-7,15-16,18H,3,8-13H2,(H,24,29). The van der Waals surface area contributed by atoms with Crippen LogP contribution in [0.1, 0.15) is 24.8 Å². The molecule has 1 N–H and O–H groups in total. The molecule has 1 fully saturated rings. The molecule has 0 aliphatic carbocycles. The number of piperidine rings is 1. The van der Waals surface area contributed by atoms with Gasteiger partial charge in [0.05, 0.1) is 22.9 Å². The number of pyridine rings is 1. The molecule has 1 aromatic carbocycles. The lowest BCUT2D eigenvalue weighted by Gasteiger charge is -2.32. The Kier molecular flexibility index (Phi) is 5.71. The molecule has 148 valence electrons. The topological polar surface area (TPSA) is 86.8 Å². The van der Waals surface area contributed by atoms with Crippen LogP contribution >= 0.6 is 0 Å². The highest BCUT2D eigenvalue weighted by molar-refractivity contribution is 5.79. The number of fused-ring (bicyclic) bond motifs is 1. The van der Waals surface area contributed by atoms with E-state index in [2.05, 4.69) is 36.9 Å². The molecule has 3 heterocycles. The molecule has 3 aromatic rings. The normalized spacial score (nSPS) is 14.7. The number of carbonyl (C=O) groups excluding carboxylic acids is 1. The first kappa shape index (κ1) is 18.9. The van der Waals surface area contributed by atoms with Crippen molar-refractivity contribution in [3.05, 3.63) is 54.5 Å². The van der Waals surface area contributed by atoms with Crippen LogP contribution in [-0.2, 0) is 11.3 Å². The van der Waals surface area contributed by atoms with Crippen molar-refractivity contribution in [3.63, 3.8) is 0 Å². The number of amides is 1. The number of rotatable bonds is 6. The van der Waals surface area contributed by atoms with Gasteiger partial charge in [0.25, 0.3) is 0 Å². The summed E-state index contributed by atoms with van der Waals surface area (Å²) in [6.45, 7) is 3.11. The predicted octanol–water partition coefficient (Wildman–Crippen LogP) is 2.73. The Morgan fingerprint density at radius 1 is 1.17 bits per heavy atom. The molecule has 0 saturated carbocycles. The summed E-state index contributed by atoms with van der Waals surface area (Å²) < 4.78 is 2.13. The Balaban J connectivity index is 1.20. The predicted molar refractivity (Wildman–Crippen MR) is 111 cm³/mol. The van der Waals surface area contributed by atoms with Crippen LogP contribution < -0.4 is 10.2 Å². The molecule has 0 bridgehead atoms. The van der Waals surface area contributed by atoms with E-state index in [0.717, 1.165) is 55.7 Å². The maximum Gasteiger partial charge on any atom is 0.223 e. The maximum absolute atomic E-state index is 12.5. The Hall–Kier alpha value is -3.40. The molecule has 2 aromatic heterocycles. The fourth-order valence-electron chi connectivity index (χ4n) is 3.80. The fraction of sp³-hybridized carbons (Fsp3) is 0.364. The Labute approximate surface area is 170 Å². The van der Waals surface area contributed by atoms with Gasteiger partial charge in [0.1, 0.15) is 11.9 Å². The highest BCUT2D eigenvalue weighted by Crippen LogP contribution is 2.22. The van der Waals surface area contributed by atoms with E-state index in [1.165, 1.54) is 0 Å². The number of nitriles is 1. The van der Waals surface area contributed by atoms with E-state index in [-0.39, 0.29) is 11.8 Å². The number of aryl methyl sites for hydroxylation is 1. The second-order valence-electron chi connectivity index (χ2n) is 7.35. The van der Waals surface area contributed by atoms with Crippen LogP contribution in [0.25, 0.3) is 11.0 Å².